The fourth-order valence-corrected chi connectivity index (χ4v) is 2.32. The summed E-state index contributed by atoms with van der Waals surface area (Å²) < 4.78 is 16.3. The summed E-state index contributed by atoms with van der Waals surface area (Å²) in [5, 5.41) is 0. The van der Waals surface area contributed by atoms with Crippen molar-refractivity contribution in [2.24, 2.45) is 0 Å². The zero-order chi connectivity index (χ0) is 19.2. The van der Waals surface area contributed by atoms with Crippen LogP contribution in [0.25, 0.3) is 0 Å². The molecule has 142 valence electrons. The molecule has 0 bridgehead atoms. The summed E-state index contributed by atoms with van der Waals surface area (Å²) >= 11 is 0. The molecule has 2 aromatic carbocycles. The fourth-order valence-electron chi connectivity index (χ4n) is 2.32. The number of hydrogen-bond acceptors (Lipinski definition) is 4. The summed E-state index contributed by atoms with van der Waals surface area (Å²) in [5.41, 5.74) is 2.13. The molecule has 4 nitrogen and oxygen atoms in total. The van der Waals surface area contributed by atoms with E-state index in [1.54, 1.807) is 6.92 Å². The topological polar surface area (TPSA) is 44.8 Å². The molecule has 0 saturated carbocycles. The van der Waals surface area contributed by atoms with E-state index in [2.05, 4.69) is 0 Å². The van der Waals surface area contributed by atoms with Gasteiger partial charge in [-0.2, -0.15) is 0 Å². The van der Waals surface area contributed by atoms with Crippen molar-refractivity contribution >= 4 is 5.97 Å². The SMILES string of the molecule is CC.CCOC(=O)C(Cc1ccc(OCc2ccccc2)cc1)OCC. The van der Waals surface area contributed by atoms with E-state index >= 15 is 0 Å². The Hall–Kier alpha value is -2.33. The fraction of sp³-hybridized carbons (Fsp3) is 0.409. The van der Waals surface area contributed by atoms with E-state index in [4.69, 9.17) is 14.2 Å². The highest BCUT2D eigenvalue weighted by atomic mass is 16.6. The molecule has 0 fully saturated rings. The first kappa shape index (κ1) is 21.7. The molecule has 0 aliphatic carbocycles. The Morgan fingerprint density at radius 1 is 0.885 bits per heavy atom. The minimum atomic E-state index is -0.564. The first-order valence-electron chi connectivity index (χ1n) is 9.26. The number of rotatable bonds is 9. The molecule has 1 atom stereocenters. The van der Waals surface area contributed by atoms with Crippen molar-refractivity contribution in [2.45, 2.75) is 46.8 Å². The number of hydrogen-bond donors (Lipinski definition) is 0. The molecule has 2 aromatic rings. The molecule has 0 radical (unpaired) electrons. The summed E-state index contributed by atoms with van der Waals surface area (Å²) in [7, 11) is 0. The third-order valence-corrected chi connectivity index (χ3v) is 3.51. The molecule has 0 amide bonds. The van der Waals surface area contributed by atoms with Crippen LogP contribution in [-0.4, -0.2) is 25.3 Å². The van der Waals surface area contributed by atoms with Crippen molar-refractivity contribution < 1.29 is 19.0 Å². The molecular weight excluding hydrogens is 328 g/mol. The lowest BCUT2D eigenvalue weighted by Crippen LogP contribution is -2.28. The van der Waals surface area contributed by atoms with E-state index in [-0.39, 0.29) is 5.97 Å². The molecular formula is C22H30O4. The average molecular weight is 358 g/mol. The van der Waals surface area contributed by atoms with E-state index in [0.717, 1.165) is 16.9 Å². The summed E-state index contributed by atoms with van der Waals surface area (Å²) in [4.78, 5) is 11.9. The molecule has 26 heavy (non-hydrogen) atoms. The van der Waals surface area contributed by atoms with E-state index in [0.29, 0.717) is 26.2 Å². The van der Waals surface area contributed by atoms with Crippen LogP contribution < -0.4 is 4.74 Å². The zero-order valence-corrected chi connectivity index (χ0v) is 16.2. The molecule has 0 aromatic heterocycles. The second kappa shape index (κ2) is 13.0. The third-order valence-electron chi connectivity index (χ3n) is 3.51. The lowest BCUT2D eigenvalue weighted by atomic mass is 10.1. The largest absolute Gasteiger partial charge is 0.489 e. The van der Waals surface area contributed by atoms with Gasteiger partial charge < -0.3 is 14.2 Å². The highest BCUT2D eigenvalue weighted by molar-refractivity contribution is 5.75. The van der Waals surface area contributed by atoms with Crippen molar-refractivity contribution in [1.82, 2.24) is 0 Å². The van der Waals surface area contributed by atoms with Gasteiger partial charge in [-0.1, -0.05) is 56.3 Å². The van der Waals surface area contributed by atoms with Crippen LogP contribution >= 0.6 is 0 Å². The minimum absolute atomic E-state index is 0.316. The molecule has 0 heterocycles. The molecule has 2 rings (SSSR count). The summed E-state index contributed by atoms with van der Waals surface area (Å²) in [6.45, 7) is 9.02. The van der Waals surface area contributed by atoms with E-state index in [1.807, 2.05) is 75.4 Å². The second-order valence-corrected chi connectivity index (χ2v) is 5.32. The Balaban J connectivity index is 0.00000163. The quantitative estimate of drug-likeness (QED) is 0.604. The first-order chi connectivity index (χ1) is 12.7. The molecule has 0 aliphatic heterocycles. The maximum atomic E-state index is 11.9. The number of ether oxygens (including phenoxy) is 3. The van der Waals surface area contributed by atoms with Crippen LogP contribution in [0.1, 0.15) is 38.8 Å². The molecule has 0 spiro atoms. The van der Waals surface area contributed by atoms with Gasteiger partial charge in [0, 0.05) is 13.0 Å². The van der Waals surface area contributed by atoms with Gasteiger partial charge in [-0.3, -0.25) is 0 Å². The number of esters is 1. The maximum Gasteiger partial charge on any atom is 0.335 e. The lowest BCUT2D eigenvalue weighted by molar-refractivity contribution is -0.156. The molecule has 0 N–H and O–H groups in total. The van der Waals surface area contributed by atoms with Crippen LogP contribution in [0.3, 0.4) is 0 Å². The van der Waals surface area contributed by atoms with Gasteiger partial charge in [0.05, 0.1) is 6.61 Å². The van der Waals surface area contributed by atoms with E-state index in [1.165, 1.54) is 0 Å². The van der Waals surface area contributed by atoms with Gasteiger partial charge >= 0.3 is 5.97 Å². The van der Waals surface area contributed by atoms with Crippen molar-refractivity contribution in [1.29, 1.82) is 0 Å². The average Bonchev–Trinajstić information content (AvgIpc) is 2.69. The van der Waals surface area contributed by atoms with Gasteiger partial charge in [-0.25, -0.2) is 4.79 Å². The zero-order valence-electron chi connectivity index (χ0n) is 16.2. The van der Waals surface area contributed by atoms with Crippen LogP contribution in [0.5, 0.6) is 5.75 Å². The molecule has 1 unspecified atom stereocenters. The van der Waals surface area contributed by atoms with Gasteiger partial charge in [0.1, 0.15) is 12.4 Å². The maximum absolute atomic E-state index is 11.9. The Labute approximate surface area is 157 Å². The Morgan fingerprint density at radius 3 is 2.12 bits per heavy atom. The monoisotopic (exact) mass is 358 g/mol. The molecule has 0 aliphatic rings. The summed E-state index contributed by atoms with van der Waals surface area (Å²) in [6.07, 6.45) is -0.0721. The van der Waals surface area contributed by atoms with Crippen LogP contribution in [0.4, 0.5) is 0 Å². The normalized spacial score (nSPS) is 11.1. The van der Waals surface area contributed by atoms with E-state index < -0.39 is 6.10 Å². The second-order valence-electron chi connectivity index (χ2n) is 5.32. The van der Waals surface area contributed by atoms with Gasteiger partial charge in [0.25, 0.3) is 0 Å². The predicted octanol–water partition coefficient (Wildman–Crippen LogP) is 4.80. The van der Waals surface area contributed by atoms with Crippen molar-refractivity contribution in [3.63, 3.8) is 0 Å². The number of carbonyl (C=O) groups excluding carboxylic acids is 1. The highest BCUT2D eigenvalue weighted by Crippen LogP contribution is 2.16. The number of carbonyl (C=O) groups is 1. The van der Waals surface area contributed by atoms with Gasteiger partial charge in [-0.15, -0.1) is 0 Å². The predicted molar refractivity (Wildman–Crippen MR) is 104 cm³/mol. The van der Waals surface area contributed by atoms with Crippen LogP contribution in [0.15, 0.2) is 54.6 Å². The Kier molecular flexibility index (Phi) is 10.8. The van der Waals surface area contributed by atoms with Crippen LogP contribution in [0.2, 0.25) is 0 Å². The smallest absolute Gasteiger partial charge is 0.335 e. The van der Waals surface area contributed by atoms with Crippen molar-refractivity contribution in [2.75, 3.05) is 13.2 Å². The summed E-state index contributed by atoms with van der Waals surface area (Å²) in [6, 6.07) is 17.7. The minimum Gasteiger partial charge on any atom is -0.489 e. The Bertz CT molecular complexity index is 608. The number of benzene rings is 2. The van der Waals surface area contributed by atoms with Crippen LogP contribution in [0, 0.1) is 0 Å². The lowest BCUT2D eigenvalue weighted by Gasteiger charge is -2.15. The van der Waals surface area contributed by atoms with Gasteiger partial charge in [0.15, 0.2) is 6.10 Å². The van der Waals surface area contributed by atoms with Gasteiger partial charge in [-0.05, 0) is 37.1 Å². The third kappa shape index (κ3) is 7.70. The highest BCUT2D eigenvalue weighted by Gasteiger charge is 2.20. The van der Waals surface area contributed by atoms with E-state index in [9.17, 15) is 4.79 Å². The van der Waals surface area contributed by atoms with Gasteiger partial charge in [0.2, 0.25) is 0 Å². The van der Waals surface area contributed by atoms with Crippen molar-refractivity contribution in [3.8, 4) is 5.75 Å². The van der Waals surface area contributed by atoms with Crippen LogP contribution in [-0.2, 0) is 27.3 Å². The van der Waals surface area contributed by atoms with Crippen molar-refractivity contribution in [3.05, 3.63) is 65.7 Å². The molecule has 4 heteroatoms. The Morgan fingerprint density at radius 2 is 1.54 bits per heavy atom. The standard InChI is InChI=1S/C20H24O4.C2H6/c1-3-22-19(20(21)23-4-2)14-16-10-12-18(13-11-16)24-15-17-8-6-5-7-9-17;1-2/h5-13,19H,3-4,14-15H2,1-2H3;1-2H3. The summed E-state index contributed by atoms with van der Waals surface area (Å²) in [5.74, 6) is 0.482. The molecule has 0 saturated heterocycles. The first-order valence-corrected chi connectivity index (χ1v) is 9.26.